The molecule has 1 saturated heterocycles. The van der Waals surface area contributed by atoms with Gasteiger partial charge in [0.25, 0.3) is 5.91 Å². The Bertz CT molecular complexity index is 1120. The van der Waals surface area contributed by atoms with Crippen LogP contribution in [0.25, 0.3) is 0 Å². The number of likely N-dealkylation sites (tertiary alicyclic amines) is 1. The number of hydrogen-bond acceptors (Lipinski definition) is 4. The minimum atomic E-state index is 0.110. The zero-order valence-corrected chi connectivity index (χ0v) is 19.4. The Balaban J connectivity index is 1.38. The number of piperidine rings is 1. The predicted octanol–water partition coefficient (Wildman–Crippen LogP) is 6.30. The molecule has 33 heavy (non-hydrogen) atoms. The summed E-state index contributed by atoms with van der Waals surface area (Å²) in [6.45, 7) is 2.08. The molecule has 170 valence electrons. The molecular formula is C27H27ClN2O3. The van der Waals surface area contributed by atoms with Crippen LogP contribution in [0.2, 0.25) is 5.02 Å². The molecule has 3 aromatic rings. The van der Waals surface area contributed by atoms with Crippen molar-refractivity contribution in [2.24, 2.45) is 4.99 Å². The number of nitrogens with zero attached hydrogens (tertiary/aromatic N) is 2. The van der Waals surface area contributed by atoms with Gasteiger partial charge in [-0.15, -0.1) is 0 Å². The van der Waals surface area contributed by atoms with Crippen LogP contribution in [0.15, 0.2) is 71.7 Å². The lowest BCUT2D eigenvalue weighted by Crippen LogP contribution is -2.35. The SMILES string of the molecule is COc1cc(C=Nc2cccc(Cl)c2)ccc1OCc1ccc(C(=O)N2CCCCC2)cc1. The molecule has 0 N–H and O–H groups in total. The summed E-state index contributed by atoms with van der Waals surface area (Å²) in [6.07, 6.45) is 5.14. The van der Waals surface area contributed by atoms with Gasteiger partial charge in [0, 0.05) is 29.9 Å². The van der Waals surface area contributed by atoms with E-state index in [0.717, 1.165) is 48.3 Å². The fraction of sp³-hybridized carbons (Fsp3) is 0.259. The van der Waals surface area contributed by atoms with Crippen LogP contribution in [0, 0.1) is 0 Å². The Labute approximate surface area is 199 Å². The molecule has 1 amide bonds. The van der Waals surface area contributed by atoms with Gasteiger partial charge in [0.1, 0.15) is 6.61 Å². The second kappa shape index (κ2) is 11.0. The number of rotatable bonds is 7. The monoisotopic (exact) mass is 462 g/mol. The van der Waals surface area contributed by atoms with Crippen LogP contribution in [0.3, 0.4) is 0 Å². The maximum absolute atomic E-state index is 12.6. The highest BCUT2D eigenvalue weighted by Crippen LogP contribution is 2.29. The molecule has 3 aromatic carbocycles. The third-order valence-electron chi connectivity index (χ3n) is 5.60. The van der Waals surface area contributed by atoms with E-state index in [-0.39, 0.29) is 5.91 Å². The highest BCUT2D eigenvalue weighted by atomic mass is 35.5. The van der Waals surface area contributed by atoms with Crippen LogP contribution in [0.5, 0.6) is 11.5 Å². The molecule has 0 aliphatic carbocycles. The van der Waals surface area contributed by atoms with Crippen molar-refractivity contribution in [1.82, 2.24) is 4.90 Å². The van der Waals surface area contributed by atoms with Crippen LogP contribution in [0.1, 0.15) is 40.7 Å². The van der Waals surface area contributed by atoms with Crippen molar-refractivity contribution in [3.8, 4) is 11.5 Å². The predicted molar refractivity (Wildman–Crippen MR) is 132 cm³/mol. The van der Waals surface area contributed by atoms with E-state index in [4.69, 9.17) is 21.1 Å². The Hall–Kier alpha value is -3.31. The topological polar surface area (TPSA) is 51.1 Å². The van der Waals surface area contributed by atoms with E-state index >= 15 is 0 Å². The normalized spacial score (nSPS) is 13.8. The molecule has 6 heteroatoms. The Kier molecular flexibility index (Phi) is 7.63. The highest BCUT2D eigenvalue weighted by molar-refractivity contribution is 6.30. The number of methoxy groups -OCH3 is 1. The smallest absolute Gasteiger partial charge is 0.253 e. The molecule has 0 saturated carbocycles. The Morgan fingerprint density at radius 2 is 1.79 bits per heavy atom. The van der Waals surface area contributed by atoms with Crippen molar-refractivity contribution in [3.63, 3.8) is 0 Å². The van der Waals surface area contributed by atoms with Crippen molar-refractivity contribution in [3.05, 3.63) is 88.4 Å². The number of amides is 1. The molecule has 0 spiro atoms. The van der Waals surface area contributed by atoms with E-state index in [2.05, 4.69) is 4.99 Å². The van der Waals surface area contributed by atoms with Crippen molar-refractivity contribution >= 4 is 29.4 Å². The standard InChI is InChI=1S/C27H27ClN2O3/c1-32-26-16-21(18-29-24-7-5-6-23(28)17-24)10-13-25(26)33-19-20-8-11-22(12-9-20)27(31)30-14-3-2-4-15-30/h5-13,16-18H,2-4,14-15,19H2,1H3. The second-order valence-electron chi connectivity index (χ2n) is 7.99. The Morgan fingerprint density at radius 1 is 1.00 bits per heavy atom. The van der Waals surface area contributed by atoms with Crippen LogP contribution in [0.4, 0.5) is 5.69 Å². The number of hydrogen-bond donors (Lipinski definition) is 0. The summed E-state index contributed by atoms with van der Waals surface area (Å²) < 4.78 is 11.5. The fourth-order valence-corrected chi connectivity index (χ4v) is 3.96. The van der Waals surface area contributed by atoms with Crippen molar-refractivity contribution in [2.45, 2.75) is 25.9 Å². The first-order valence-electron chi connectivity index (χ1n) is 11.1. The summed E-state index contributed by atoms with van der Waals surface area (Å²) in [5, 5.41) is 0.648. The number of carbonyl (C=O) groups is 1. The van der Waals surface area contributed by atoms with Crippen molar-refractivity contribution in [1.29, 1.82) is 0 Å². The lowest BCUT2D eigenvalue weighted by molar-refractivity contribution is 0.0724. The molecule has 1 fully saturated rings. The molecule has 0 atom stereocenters. The van der Waals surface area contributed by atoms with E-state index in [1.807, 2.05) is 65.6 Å². The van der Waals surface area contributed by atoms with E-state index < -0.39 is 0 Å². The van der Waals surface area contributed by atoms with E-state index in [1.165, 1.54) is 6.42 Å². The second-order valence-corrected chi connectivity index (χ2v) is 8.42. The lowest BCUT2D eigenvalue weighted by atomic mass is 10.1. The zero-order valence-electron chi connectivity index (χ0n) is 18.7. The summed E-state index contributed by atoms with van der Waals surface area (Å²) in [6, 6.07) is 20.7. The summed E-state index contributed by atoms with van der Waals surface area (Å²) in [5.41, 5.74) is 3.38. The molecule has 1 aliphatic heterocycles. The van der Waals surface area contributed by atoms with Gasteiger partial charge in [-0.2, -0.15) is 0 Å². The lowest BCUT2D eigenvalue weighted by Gasteiger charge is -2.26. The third-order valence-corrected chi connectivity index (χ3v) is 5.83. The molecule has 1 aliphatic rings. The highest BCUT2D eigenvalue weighted by Gasteiger charge is 2.18. The minimum absolute atomic E-state index is 0.110. The maximum atomic E-state index is 12.6. The summed E-state index contributed by atoms with van der Waals surface area (Å²) in [7, 11) is 1.61. The molecule has 0 unspecified atom stereocenters. The average Bonchev–Trinajstić information content (AvgIpc) is 2.87. The Morgan fingerprint density at radius 3 is 2.52 bits per heavy atom. The molecule has 1 heterocycles. The fourth-order valence-electron chi connectivity index (χ4n) is 3.77. The maximum Gasteiger partial charge on any atom is 0.253 e. The van der Waals surface area contributed by atoms with Gasteiger partial charge in [0.15, 0.2) is 11.5 Å². The van der Waals surface area contributed by atoms with Gasteiger partial charge in [-0.3, -0.25) is 9.79 Å². The largest absolute Gasteiger partial charge is 0.493 e. The van der Waals surface area contributed by atoms with Gasteiger partial charge >= 0.3 is 0 Å². The zero-order chi connectivity index (χ0) is 23.0. The van der Waals surface area contributed by atoms with Gasteiger partial charge in [-0.1, -0.05) is 29.8 Å². The number of halogens is 1. The molecule has 0 aromatic heterocycles. The van der Waals surface area contributed by atoms with Crippen molar-refractivity contribution in [2.75, 3.05) is 20.2 Å². The van der Waals surface area contributed by atoms with Crippen LogP contribution < -0.4 is 9.47 Å². The van der Waals surface area contributed by atoms with Gasteiger partial charge in [0.2, 0.25) is 0 Å². The van der Waals surface area contributed by atoms with Gasteiger partial charge in [-0.05, 0) is 78.9 Å². The van der Waals surface area contributed by atoms with Gasteiger partial charge < -0.3 is 14.4 Å². The number of carbonyl (C=O) groups excluding carboxylic acids is 1. The molecule has 5 nitrogen and oxygen atoms in total. The molecule has 0 radical (unpaired) electrons. The number of aliphatic imine (C=N–C) groups is 1. The first-order valence-corrected chi connectivity index (χ1v) is 11.5. The van der Waals surface area contributed by atoms with Gasteiger partial charge in [0.05, 0.1) is 12.8 Å². The third kappa shape index (κ3) is 6.14. The summed E-state index contributed by atoms with van der Waals surface area (Å²) in [4.78, 5) is 19.0. The molecular weight excluding hydrogens is 436 g/mol. The quantitative estimate of drug-likeness (QED) is 0.387. The van der Waals surface area contributed by atoms with E-state index in [0.29, 0.717) is 23.1 Å². The summed E-state index contributed by atoms with van der Waals surface area (Å²) >= 11 is 6.01. The summed E-state index contributed by atoms with van der Waals surface area (Å²) in [5.74, 6) is 1.38. The average molecular weight is 463 g/mol. The minimum Gasteiger partial charge on any atom is -0.493 e. The van der Waals surface area contributed by atoms with E-state index in [1.54, 1.807) is 19.4 Å². The van der Waals surface area contributed by atoms with Crippen LogP contribution in [-0.4, -0.2) is 37.2 Å². The number of ether oxygens (including phenoxy) is 2. The number of benzene rings is 3. The first kappa shape index (κ1) is 22.9. The van der Waals surface area contributed by atoms with Gasteiger partial charge in [-0.25, -0.2) is 0 Å². The van der Waals surface area contributed by atoms with Crippen LogP contribution >= 0.6 is 11.6 Å². The molecule has 0 bridgehead atoms. The van der Waals surface area contributed by atoms with Crippen LogP contribution in [-0.2, 0) is 6.61 Å². The van der Waals surface area contributed by atoms with Crippen molar-refractivity contribution < 1.29 is 14.3 Å². The first-order chi connectivity index (χ1) is 16.1. The molecule has 4 rings (SSSR count). The van der Waals surface area contributed by atoms with E-state index in [9.17, 15) is 4.79 Å².